The van der Waals surface area contributed by atoms with Gasteiger partial charge in [0, 0.05) is 35.4 Å². The number of rotatable bonds is 4. The predicted octanol–water partition coefficient (Wildman–Crippen LogP) is 3.63. The number of carbonyl (C=O) groups excluding carboxylic acids is 4. The van der Waals surface area contributed by atoms with E-state index >= 15 is 0 Å². The Hall–Kier alpha value is -5.22. The fraction of sp³-hybridized carbons (Fsp3) is 0.353. The zero-order chi connectivity index (χ0) is 31.5. The number of esters is 2. The van der Waals surface area contributed by atoms with E-state index in [-0.39, 0.29) is 11.6 Å². The van der Waals surface area contributed by atoms with Crippen LogP contribution in [0.2, 0.25) is 0 Å². The molecule has 0 fully saturated rings. The van der Waals surface area contributed by atoms with E-state index in [4.69, 9.17) is 9.47 Å². The van der Waals surface area contributed by atoms with Gasteiger partial charge in [-0.25, -0.2) is 9.59 Å². The highest BCUT2D eigenvalue weighted by molar-refractivity contribution is 6.04. The lowest BCUT2D eigenvalue weighted by atomic mass is 9.75. The molecule has 4 aliphatic rings. The lowest BCUT2D eigenvalue weighted by molar-refractivity contribution is -0.146. The number of methoxy groups -OCH3 is 2. The van der Waals surface area contributed by atoms with E-state index in [1.165, 1.54) is 14.2 Å². The third-order valence-corrected chi connectivity index (χ3v) is 8.69. The second-order valence-electron chi connectivity index (χ2n) is 11.1. The summed E-state index contributed by atoms with van der Waals surface area (Å²) in [5, 5.41) is 25.5. The largest absolute Gasteiger partial charge is 0.466 e. The van der Waals surface area contributed by atoms with Crippen molar-refractivity contribution < 1.29 is 28.7 Å². The van der Waals surface area contributed by atoms with Crippen LogP contribution in [-0.4, -0.2) is 48.8 Å². The fourth-order valence-electron chi connectivity index (χ4n) is 6.77. The molecule has 2 aromatic carbocycles. The minimum Gasteiger partial charge on any atom is -0.466 e. The molecule has 0 radical (unpaired) electrons. The average molecular weight is 593 g/mol. The van der Waals surface area contributed by atoms with Crippen molar-refractivity contribution in [2.45, 2.75) is 61.4 Å². The van der Waals surface area contributed by atoms with Gasteiger partial charge in [0.2, 0.25) is 11.1 Å². The maximum Gasteiger partial charge on any atom is 0.347 e. The van der Waals surface area contributed by atoms with Gasteiger partial charge in [0.05, 0.1) is 26.1 Å². The molecule has 10 heteroatoms. The molecule has 6 rings (SSSR count). The summed E-state index contributed by atoms with van der Waals surface area (Å²) >= 11 is 0. The molecule has 0 amide bonds. The molecule has 0 spiro atoms. The Labute approximate surface area is 255 Å². The summed E-state index contributed by atoms with van der Waals surface area (Å²) in [7, 11) is 2.51. The van der Waals surface area contributed by atoms with Crippen molar-refractivity contribution in [2.75, 3.05) is 14.2 Å². The molecule has 44 heavy (non-hydrogen) atoms. The third kappa shape index (κ3) is 4.83. The van der Waals surface area contributed by atoms with Crippen molar-refractivity contribution in [1.29, 1.82) is 10.5 Å². The maximum atomic E-state index is 12.4. The summed E-state index contributed by atoms with van der Waals surface area (Å²) < 4.78 is 9.72. The SMILES string of the molecule is COC(=O)[C@@]1(C#N)NC2=C(C(=O)CCC2)[C@@H]1c1ccccc1.COC(=O)[C@@]1(C#N)NC2=C(C(=O)CCC2)[C@@H]1c1ccccc1. The molecule has 0 bridgehead atoms. The van der Waals surface area contributed by atoms with Gasteiger partial charge in [-0.2, -0.15) is 10.5 Å². The molecule has 0 saturated heterocycles. The van der Waals surface area contributed by atoms with Crippen LogP contribution in [0.15, 0.2) is 83.2 Å². The number of nitrogens with one attached hydrogen (secondary N) is 2. The van der Waals surface area contributed by atoms with Crippen LogP contribution in [0, 0.1) is 22.7 Å². The van der Waals surface area contributed by atoms with Crippen LogP contribution < -0.4 is 10.6 Å². The number of benzene rings is 2. The number of allylic oxidation sites excluding steroid dienone is 2. The Morgan fingerprint density at radius 3 is 1.36 bits per heavy atom. The standard InChI is InChI=1S/2C17H16N2O3/c2*1-22-16(21)17(10-18)15(11-6-3-2-4-7-11)14-12(19-17)8-5-9-13(14)20/h2*2-4,6-7,15,19H,5,8-9H2,1H3/t2*15-,17-/m00/s1. The number of ether oxygens (including phenoxy) is 2. The summed E-state index contributed by atoms with van der Waals surface area (Å²) in [5.74, 6) is -2.58. The highest BCUT2D eigenvalue weighted by Crippen LogP contribution is 2.47. The second-order valence-corrected chi connectivity index (χ2v) is 11.1. The second kappa shape index (κ2) is 12.2. The topological polar surface area (TPSA) is 158 Å². The first-order chi connectivity index (χ1) is 21.3. The molecular formula is C34H32N4O6. The van der Waals surface area contributed by atoms with E-state index in [0.717, 1.165) is 24.0 Å². The van der Waals surface area contributed by atoms with Crippen LogP contribution in [0.3, 0.4) is 0 Å². The van der Waals surface area contributed by atoms with Gasteiger partial charge >= 0.3 is 11.9 Å². The number of Topliss-reactive ketones (excluding diaryl/α,β-unsaturated/α-hetero) is 2. The monoisotopic (exact) mass is 592 g/mol. The van der Waals surface area contributed by atoms with Crippen LogP contribution in [-0.2, 0) is 28.7 Å². The zero-order valence-electron chi connectivity index (χ0n) is 24.5. The predicted molar refractivity (Wildman–Crippen MR) is 157 cm³/mol. The quantitative estimate of drug-likeness (QED) is 0.502. The van der Waals surface area contributed by atoms with Gasteiger partial charge in [0.15, 0.2) is 11.6 Å². The Balaban J connectivity index is 0.000000175. The Morgan fingerprint density at radius 2 is 1.05 bits per heavy atom. The number of hydrogen-bond acceptors (Lipinski definition) is 10. The fourth-order valence-corrected chi connectivity index (χ4v) is 6.77. The first-order valence-corrected chi connectivity index (χ1v) is 14.5. The van der Waals surface area contributed by atoms with Crippen LogP contribution in [0.4, 0.5) is 0 Å². The van der Waals surface area contributed by atoms with E-state index in [2.05, 4.69) is 22.8 Å². The first-order valence-electron chi connectivity index (χ1n) is 14.5. The maximum absolute atomic E-state index is 12.4. The van der Waals surface area contributed by atoms with Gasteiger partial charge in [0.1, 0.15) is 12.1 Å². The Kier molecular flexibility index (Phi) is 8.37. The van der Waals surface area contributed by atoms with Gasteiger partial charge in [-0.15, -0.1) is 0 Å². The summed E-state index contributed by atoms with van der Waals surface area (Å²) in [6.07, 6.45) is 3.71. The minimum absolute atomic E-state index is 0.00336. The Bertz CT molecular complexity index is 1530. The van der Waals surface area contributed by atoms with Crippen LogP contribution >= 0.6 is 0 Å². The molecule has 0 aromatic heterocycles. The molecule has 4 atom stereocenters. The summed E-state index contributed by atoms with van der Waals surface area (Å²) in [6.45, 7) is 0. The van der Waals surface area contributed by atoms with Crippen molar-refractivity contribution in [3.8, 4) is 12.1 Å². The molecule has 224 valence electrons. The summed E-state index contributed by atoms with van der Waals surface area (Å²) in [6, 6.07) is 22.5. The molecule has 10 nitrogen and oxygen atoms in total. The van der Waals surface area contributed by atoms with E-state index in [1.807, 2.05) is 60.7 Å². The molecule has 2 aliphatic heterocycles. The number of hydrogen-bond donors (Lipinski definition) is 2. The first kappa shape index (κ1) is 30.2. The van der Waals surface area contributed by atoms with E-state index in [1.54, 1.807) is 0 Å². The lowest BCUT2D eigenvalue weighted by Crippen LogP contribution is -2.51. The summed E-state index contributed by atoms with van der Waals surface area (Å²) in [4.78, 5) is 49.5. The molecule has 2 N–H and O–H groups in total. The van der Waals surface area contributed by atoms with E-state index < -0.39 is 34.9 Å². The molecule has 0 unspecified atom stereocenters. The van der Waals surface area contributed by atoms with Gasteiger partial charge < -0.3 is 20.1 Å². The van der Waals surface area contributed by atoms with Gasteiger partial charge in [-0.05, 0) is 36.8 Å². The van der Waals surface area contributed by atoms with Crippen LogP contribution in [0.25, 0.3) is 0 Å². The van der Waals surface area contributed by atoms with Gasteiger partial charge in [-0.3, -0.25) is 9.59 Å². The van der Waals surface area contributed by atoms with E-state index in [9.17, 15) is 29.7 Å². The number of nitriles is 2. The highest BCUT2D eigenvalue weighted by atomic mass is 16.5. The van der Waals surface area contributed by atoms with Gasteiger partial charge in [-0.1, -0.05) is 60.7 Å². The smallest absolute Gasteiger partial charge is 0.347 e. The van der Waals surface area contributed by atoms with Crippen molar-refractivity contribution >= 4 is 23.5 Å². The lowest BCUT2D eigenvalue weighted by Gasteiger charge is -2.28. The molecule has 2 aliphatic carbocycles. The van der Waals surface area contributed by atoms with Crippen LogP contribution in [0.1, 0.15) is 61.5 Å². The number of nitrogens with zero attached hydrogens (tertiary/aromatic N) is 2. The zero-order valence-corrected chi connectivity index (χ0v) is 24.5. The molecular weight excluding hydrogens is 560 g/mol. The number of ketones is 2. The minimum atomic E-state index is -1.57. The average Bonchev–Trinajstić information content (AvgIpc) is 3.61. The highest BCUT2D eigenvalue weighted by Gasteiger charge is 2.58. The van der Waals surface area contributed by atoms with Crippen molar-refractivity contribution in [3.05, 3.63) is 94.3 Å². The molecule has 0 saturated carbocycles. The third-order valence-electron chi connectivity index (χ3n) is 8.69. The van der Waals surface area contributed by atoms with Crippen molar-refractivity contribution in [1.82, 2.24) is 10.6 Å². The number of carbonyl (C=O) groups is 4. The van der Waals surface area contributed by atoms with E-state index in [0.29, 0.717) is 48.2 Å². The molecule has 2 heterocycles. The normalized spacial score (nSPS) is 26.9. The Morgan fingerprint density at radius 1 is 0.682 bits per heavy atom. The van der Waals surface area contributed by atoms with Crippen molar-refractivity contribution in [3.63, 3.8) is 0 Å². The molecule has 2 aromatic rings. The van der Waals surface area contributed by atoms with Crippen LogP contribution in [0.5, 0.6) is 0 Å². The van der Waals surface area contributed by atoms with Gasteiger partial charge in [0.25, 0.3) is 0 Å². The van der Waals surface area contributed by atoms with Crippen molar-refractivity contribution in [2.24, 2.45) is 0 Å². The summed E-state index contributed by atoms with van der Waals surface area (Å²) in [5.41, 5.74) is 0.925.